The molecule has 4 heteroatoms. The standard InChI is InChI=1S/C50H42N4/c1-35-31-49(53-43-19-11-5-12-20-43)45(33-47(35)51-41-15-7-3-8-16-41)39-27-23-37(24-28-39)38-25-29-40(30-26-38)46-34-48(52-42-17-9-4-10-18-42)36(2)32-50(46)54-44-21-13-6-14-22-44/h3-34,51-54H,1-2H3/q+1. The maximum absolute atomic E-state index is 3.67. The first-order valence-corrected chi connectivity index (χ1v) is 18.3. The molecule has 8 aromatic carbocycles. The highest BCUT2D eigenvalue weighted by atomic mass is 14.9. The average molecular weight is 699 g/mol. The van der Waals surface area contributed by atoms with Gasteiger partial charge in [0, 0.05) is 57.9 Å². The van der Waals surface area contributed by atoms with Crippen LogP contribution in [0.5, 0.6) is 0 Å². The summed E-state index contributed by atoms with van der Waals surface area (Å²) in [7, 11) is 0. The Bertz CT molecular complexity index is 2280. The highest BCUT2D eigenvalue weighted by Crippen LogP contribution is 2.38. The monoisotopic (exact) mass is 698 g/mol. The Labute approximate surface area is 318 Å². The van der Waals surface area contributed by atoms with Crippen LogP contribution in [0.25, 0.3) is 33.4 Å². The van der Waals surface area contributed by atoms with Gasteiger partial charge in [-0.3, -0.25) is 0 Å². The van der Waals surface area contributed by atoms with Crippen LogP contribution in [0.4, 0.5) is 45.5 Å². The molecule has 0 aliphatic rings. The van der Waals surface area contributed by atoms with E-state index in [0.717, 1.165) is 90.0 Å². The molecular weight excluding hydrogens is 657 g/mol. The van der Waals surface area contributed by atoms with Gasteiger partial charge in [0.1, 0.15) is 0 Å². The van der Waals surface area contributed by atoms with E-state index in [4.69, 9.17) is 0 Å². The maximum Gasteiger partial charge on any atom is 0.192 e. The van der Waals surface area contributed by atoms with Crippen LogP contribution < -0.4 is 21.3 Å². The summed E-state index contributed by atoms with van der Waals surface area (Å²) >= 11 is 0. The lowest BCUT2D eigenvalue weighted by atomic mass is 9.95. The molecule has 0 unspecified atom stereocenters. The summed E-state index contributed by atoms with van der Waals surface area (Å²) in [6.45, 7) is 4.30. The predicted molar refractivity (Wildman–Crippen MR) is 228 cm³/mol. The lowest BCUT2D eigenvalue weighted by Gasteiger charge is -2.18. The molecule has 1 radical (unpaired) electrons. The van der Waals surface area contributed by atoms with Gasteiger partial charge in [0.05, 0.1) is 5.56 Å². The van der Waals surface area contributed by atoms with Crippen molar-refractivity contribution in [3.05, 3.63) is 205 Å². The lowest BCUT2D eigenvalue weighted by molar-refractivity contribution is -0.478. The van der Waals surface area contributed by atoms with Crippen molar-refractivity contribution in [1.29, 1.82) is 0 Å². The zero-order valence-electron chi connectivity index (χ0n) is 30.5. The SMILES string of the molecule is Cc1cc(Nc2ccccc2)c(-c2ccc(-c3ccc(-c4cc(Nc5ccccc5)c(C)cc4[NH+]c4ccccc4)cc3)cc2)cc1Nc1ccccc1. The minimum atomic E-state index is 1.05. The summed E-state index contributed by atoms with van der Waals surface area (Å²) in [6.07, 6.45) is 0. The predicted octanol–water partition coefficient (Wildman–Crippen LogP) is 12.8. The molecule has 0 spiro atoms. The largest absolute Gasteiger partial charge is 0.355 e. The third-order valence-corrected chi connectivity index (χ3v) is 9.67. The third kappa shape index (κ3) is 7.95. The smallest absolute Gasteiger partial charge is 0.192 e. The summed E-state index contributed by atoms with van der Waals surface area (Å²) in [5.41, 5.74) is 17.7. The summed E-state index contributed by atoms with van der Waals surface area (Å²) in [5, 5.41) is 14.6. The number of benzene rings is 8. The Kier molecular flexibility index (Phi) is 10.0. The zero-order valence-corrected chi connectivity index (χ0v) is 30.5. The second-order valence-electron chi connectivity index (χ2n) is 13.5. The van der Waals surface area contributed by atoms with Gasteiger partial charge >= 0.3 is 0 Å². The van der Waals surface area contributed by atoms with E-state index in [1.165, 1.54) is 0 Å². The van der Waals surface area contributed by atoms with Gasteiger partial charge in [-0.05, 0) is 102 Å². The van der Waals surface area contributed by atoms with Crippen LogP contribution in [0.1, 0.15) is 11.1 Å². The van der Waals surface area contributed by atoms with Gasteiger partial charge < -0.3 is 16.0 Å². The van der Waals surface area contributed by atoms with Crippen molar-refractivity contribution in [3.63, 3.8) is 0 Å². The molecule has 0 aliphatic carbocycles. The van der Waals surface area contributed by atoms with E-state index in [0.29, 0.717) is 0 Å². The summed E-state index contributed by atoms with van der Waals surface area (Å²) in [6, 6.07) is 68.1. The highest BCUT2D eigenvalue weighted by Gasteiger charge is 2.18. The zero-order chi connectivity index (χ0) is 36.7. The Morgan fingerprint density at radius 1 is 0.333 bits per heavy atom. The van der Waals surface area contributed by atoms with Crippen molar-refractivity contribution in [1.82, 2.24) is 0 Å². The Balaban J connectivity index is 1.10. The first kappa shape index (κ1) is 34.2. The third-order valence-electron chi connectivity index (χ3n) is 9.67. The van der Waals surface area contributed by atoms with Gasteiger partial charge in [-0.15, -0.1) is 5.32 Å². The maximum atomic E-state index is 3.67. The summed E-state index contributed by atoms with van der Waals surface area (Å²) in [4.78, 5) is 0. The molecule has 0 aromatic heterocycles. The van der Waals surface area contributed by atoms with E-state index in [9.17, 15) is 0 Å². The molecule has 8 rings (SSSR count). The lowest BCUT2D eigenvalue weighted by Crippen LogP contribution is -2.71. The van der Waals surface area contributed by atoms with Gasteiger partial charge in [0.2, 0.25) is 0 Å². The fraction of sp³-hybridized carbons (Fsp3) is 0.0400. The molecule has 0 aliphatic heterocycles. The normalized spacial score (nSPS) is 10.9. The molecule has 8 aromatic rings. The van der Waals surface area contributed by atoms with Crippen molar-refractivity contribution in [2.75, 3.05) is 16.0 Å². The number of hydrogen-bond donors (Lipinski definition) is 4. The molecule has 0 fully saturated rings. The van der Waals surface area contributed by atoms with E-state index < -0.39 is 0 Å². The fourth-order valence-corrected chi connectivity index (χ4v) is 6.76. The fourth-order valence-electron chi connectivity index (χ4n) is 6.76. The number of aryl methyl sites for hydroxylation is 2. The van der Waals surface area contributed by atoms with E-state index in [-0.39, 0.29) is 0 Å². The second-order valence-corrected chi connectivity index (χ2v) is 13.5. The van der Waals surface area contributed by atoms with E-state index in [1.807, 2.05) is 24.3 Å². The Hall–Kier alpha value is -6.88. The minimum Gasteiger partial charge on any atom is -0.355 e. The number of rotatable bonds is 11. The molecule has 0 saturated carbocycles. The van der Waals surface area contributed by atoms with Crippen molar-refractivity contribution >= 4 is 45.5 Å². The molecule has 0 amide bonds. The van der Waals surface area contributed by atoms with Crippen LogP contribution in [0.3, 0.4) is 0 Å². The number of hydrogen-bond acceptors (Lipinski definition) is 4. The topological polar surface area (TPSA) is 51.7 Å². The molecule has 0 heterocycles. The van der Waals surface area contributed by atoms with Crippen molar-refractivity contribution < 1.29 is 5.32 Å². The van der Waals surface area contributed by atoms with Gasteiger partial charge in [-0.1, -0.05) is 121 Å². The number of nitrogens with one attached hydrogen (secondary N) is 4. The van der Waals surface area contributed by atoms with Crippen molar-refractivity contribution in [2.45, 2.75) is 13.8 Å². The molecule has 0 saturated heterocycles. The summed E-state index contributed by atoms with van der Waals surface area (Å²) < 4.78 is 0. The van der Waals surface area contributed by atoms with Crippen LogP contribution >= 0.6 is 0 Å². The molecule has 261 valence electrons. The van der Waals surface area contributed by atoms with E-state index in [1.54, 1.807) is 0 Å². The Morgan fingerprint density at radius 3 is 1.19 bits per heavy atom. The quantitative estimate of drug-likeness (QED) is 0.109. The molecule has 0 atom stereocenters. The van der Waals surface area contributed by atoms with Gasteiger partial charge in [-0.25, -0.2) is 0 Å². The first-order chi connectivity index (χ1) is 26.6. The summed E-state index contributed by atoms with van der Waals surface area (Å²) in [5.74, 6) is 0. The molecule has 4 N–H and O–H groups in total. The number of anilines is 8. The first-order valence-electron chi connectivity index (χ1n) is 18.3. The van der Waals surface area contributed by atoms with E-state index >= 15 is 0 Å². The van der Waals surface area contributed by atoms with Crippen LogP contribution in [0.15, 0.2) is 194 Å². The minimum absolute atomic E-state index is 1.05. The molecular formula is C50H42N4+. The number of para-hydroxylation sites is 4. The van der Waals surface area contributed by atoms with Crippen LogP contribution in [-0.2, 0) is 0 Å². The van der Waals surface area contributed by atoms with Gasteiger partial charge in [-0.2, -0.15) is 0 Å². The second kappa shape index (κ2) is 15.8. The Morgan fingerprint density at radius 2 is 0.704 bits per heavy atom. The average Bonchev–Trinajstić information content (AvgIpc) is 3.22. The van der Waals surface area contributed by atoms with Crippen LogP contribution in [0, 0.1) is 13.8 Å². The van der Waals surface area contributed by atoms with Crippen molar-refractivity contribution in [2.24, 2.45) is 0 Å². The van der Waals surface area contributed by atoms with Crippen LogP contribution in [-0.4, -0.2) is 0 Å². The highest BCUT2D eigenvalue weighted by molar-refractivity contribution is 5.87. The van der Waals surface area contributed by atoms with E-state index in [2.05, 4.69) is 205 Å². The van der Waals surface area contributed by atoms with Crippen LogP contribution in [0.2, 0.25) is 0 Å². The van der Waals surface area contributed by atoms with Crippen molar-refractivity contribution in [3.8, 4) is 33.4 Å². The molecule has 4 nitrogen and oxygen atoms in total. The molecule has 0 bridgehead atoms. The van der Waals surface area contributed by atoms with Gasteiger partial charge in [0.15, 0.2) is 11.4 Å². The van der Waals surface area contributed by atoms with Gasteiger partial charge in [0.25, 0.3) is 0 Å². The molecule has 54 heavy (non-hydrogen) atoms.